The third-order valence-corrected chi connectivity index (χ3v) is 3.66. The van der Waals surface area contributed by atoms with Crippen LogP contribution >= 0.6 is 8.03 Å². The highest BCUT2D eigenvalue weighted by molar-refractivity contribution is 7.48. The van der Waals surface area contributed by atoms with Crippen molar-refractivity contribution in [2.24, 2.45) is 5.41 Å². The van der Waals surface area contributed by atoms with Crippen LogP contribution in [-0.4, -0.2) is 11.9 Å². The molecule has 4 heteroatoms. The smallest absolute Gasteiger partial charge is 0.294 e. The fraction of sp³-hybridized carbons (Fsp3) is 0.500. The number of hydrogen-bond donors (Lipinski definition) is 0. The standard InChI is InChI=1S/C14H20O3P/c1-10(2)17-18(16)12-8-6-11(7-9-12)13(15)14(3,4)5/h6-10H,1-5H3/q+1. The molecule has 0 spiro atoms. The lowest BCUT2D eigenvalue weighted by Crippen LogP contribution is -2.20. The summed E-state index contributed by atoms with van der Waals surface area (Å²) in [5.74, 6) is 0.0778. The summed E-state index contributed by atoms with van der Waals surface area (Å²) >= 11 is 0. The molecule has 0 saturated heterocycles. The van der Waals surface area contributed by atoms with E-state index in [0.29, 0.717) is 10.9 Å². The van der Waals surface area contributed by atoms with Gasteiger partial charge in [-0.3, -0.25) is 4.79 Å². The first-order valence-corrected chi connectivity index (χ1v) is 7.18. The van der Waals surface area contributed by atoms with E-state index in [2.05, 4.69) is 0 Å². The van der Waals surface area contributed by atoms with Crippen LogP contribution in [0.5, 0.6) is 0 Å². The van der Waals surface area contributed by atoms with E-state index in [1.807, 2.05) is 34.6 Å². The number of rotatable bonds is 4. The Morgan fingerprint density at radius 2 is 1.67 bits per heavy atom. The van der Waals surface area contributed by atoms with Gasteiger partial charge in [0, 0.05) is 11.0 Å². The van der Waals surface area contributed by atoms with Gasteiger partial charge in [-0.25, -0.2) is 0 Å². The van der Waals surface area contributed by atoms with Crippen LogP contribution in [0.4, 0.5) is 0 Å². The van der Waals surface area contributed by atoms with Crippen LogP contribution in [0.1, 0.15) is 45.0 Å². The molecule has 0 aromatic heterocycles. The molecule has 1 unspecified atom stereocenters. The molecule has 0 aliphatic carbocycles. The molecule has 0 heterocycles. The zero-order chi connectivity index (χ0) is 13.9. The minimum atomic E-state index is -1.84. The lowest BCUT2D eigenvalue weighted by atomic mass is 9.87. The molecular weight excluding hydrogens is 247 g/mol. The number of carbonyl (C=O) groups is 1. The van der Waals surface area contributed by atoms with Crippen LogP contribution in [0, 0.1) is 5.41 Å². The van der Waals surface area contributed by atoms with Crippen molar-refractivity contribution in [3.8, 4) is 0 Å². The van der Waals surface area contributed by atoms with Gasteiger partial charge in [0.05, 0.1) is 0 Å². The van der Waals surface area contributed by atoms with Gasteiger partial charge in [0.2, 0.25) is 5.30 Å². The molecule has 1 atom stereocenters. The Labute approximate surface area is 109 Å². The van der Waals surface area contributed by atoms with Crippen molar-refractivity contribution in [3.63, 3.8) is 0 Å². The fourth-order valence-electron chi connectivity index (χ4n) is 1.42. The Morgan fingerprint density at radius 3 is 2.06 bits per heavy atom. The highest BCUT2D eigenvalue weighted by Gasteiger charge is 2.26. The van der Waals surface area contributed by atoms with Crippen LogP contribution in [0.15, 0.2) is 24.3 Å². The second-order valence-corrected chi connectivity index (χ2v) is 6.78. The quantitative estimate of drug-likeness (QED) is 0.617. The predicted octanol–water partition coefficient (Wildman–Crippen LogP) is 3.71. The van der Waals surface area contributed by atoms with Crippen LogP contribution in [0.25, 0.3) is 0 Å². The first-order chi connectivity index (χ1) is 8.21. The van der Waals surface area contributed by atoms with Crippen molar-refractivity contribution in [2.45, 2.75) is 40.7 Å². The highest BCUT2D eigenvalue weighted by Crippen LogP contribution is 2.25. The van der Waals surface area contributed by atoms with Gasteiger partial charge in [-0.15, -0.1) is 4.52 Å². The van der Waals surface area contributed by atoms with E-state index in [-0.39, 0.29) is 11.9 Å². The van der Waals surface area contributed by atoms with Gasteiger partial charge in [0.1, 0.15) is 6.10 Å². The molecule has 1 rings (SSSR count). The van der Waals surface area contributed by atoms with Gasteiger partial charge in [-0.2, -0.15) is 0 Å². The summed E-state index contributed by atoms with van der Waals surface area (Å²) in [5, 5.41) is 0.615. The summed E-state index contributed by atoms with van der Waals surface area (Å²) in [6, 6.07) is 6.81. The Morgan fingerprint density at radius 1 is 1.17 bits per heavy atom. The Balaban J connectivity index is 2.87. The summed E-state index contributed by atoms with van der Waals surface area (Å²) in [7, 11) is -1.84. The van der Waals surface area contributed by atoms with Crippen molar-refractivity contribution in [3.05, 3.63) is 29.8 Å². The summed E-state index contributed by atoms with van der Waals surface area (Å²) in [6.07, 6.45) is -0.0792. The first-order valence-electron chi connectivity index (χ1n) is 6.00. The molecule has 98 valence electrons. The van der Waals surface area contributed by atoms with Crippen molar-refractivity contribution in [1.29, 1.82) is 0 Å². The maximum atomic E-state index is 12.0. The van der Waals surface area contributed by atoms with Gasteiger partial charge in [-0.05, 0) is 42.7 Å². The maximum absolute atomic E-state index is 12.0. The van der Waals surface area contributed by atoms with E-state index < -0.39 is 13.4 Å². The average Bonchev–Trinajstić information content (AvgIpc) is 2.26. The van der Waals surface area contributed by atoms with E-state index in [1.165, 1.54) is 0 Å². The third-order valence-electron chi connectivity index (χ3n) is 2.33. The van der Waals surface area contributed by atoms with Crippen molar-refractivity contribution in [1.82, 2.24) is 0 Å². The van der Waals surface area contributed by atoms with Crippen LogP contribution in [-0.2, 0) is 9.09 Å². The number of Topliss-reactive ketones (excluding diaryl/α,β-unsaturated/α-hetero) is 1. The lowest BCUT2D eigenvalue weighted by Gasteiger charge is -2.16. The second kappa shape index (κ2) is 5.73. The molecular formula is C14H20O3P+. The topological polar surface area (TPSA) is 43.4 Å². The fourth-order valence-corrected chi connectivity index (χ4v) is 2.32. The van der Waals surface area contributed by atoms with E-state index in [9.17, 15) is 9.36 Å². The van der Waals surface area contributed by atoms with E-state index in [4.69, 9.17) is 4.52 Å². The summed E-state index contributed by atoms with van der Waals surface area (Å²) < 4.78 is 17.0. The molecule has 0 radical (unpaired) electrons. The minimum absolute atomic E-state index is 0.0778. The van der Waals surface area contributed by atoms with Crippen LogP contribution < -0.4 is 5.30 Å². The Kier molecular flexibility index (Phi) is 4.78. The number of hydrogen-bond acceptors (Lipinski definition) is 3. The van der Waals surface area contributed by atoms with E-state index in [1.54, 1.807) is 24.3 Å². The third kappa shape index (κ3) is 4.01. The number of carbonyl (C=O) groups excluding carboxylic acids is 1. The number of ketones is 1. The molecule has 18 heavy (non-hydrogen) atoms. The molecule has 0 amide bonds. The molecule has 0 fully saturated rings. The van der Waals surface area contributed by atoms with Gasteiger partial charge >= 0.3 is 8.03 Å². The summed E-state index contributed by atoms with van der Waals surface area (Å²) in [6.45, 7) is 9.32. The van der Waals surface area contributed by atoms with Crippen molar-refractivity contribution < 1.29 is 13.9 Å². The molecule has 1 aromatic rings. The SMILES string of the molecule is CC(C)O[P+](=O)c1ccc(C(=O)C(C)(C)C)cc1. The zero-order valence-corrected chi connectivity index (χ0v) is 12.5. The zero-order valence-electron chi connectivity index (χ0n) is 11.6. The normalized spacial score (nSPS) is 12.7. The summed E-state index contributed by atoms with van der Waals surface area (Å²) in [4.78, 5) is 12.0. The van der Waals surface area contributed by atoms with Gasteiger partial charge < -0.3 is 0 Å². The molecule has 0 N–H and O–H groups in total. The lowest BCUT2D eigenvalue weighted by molar-refractivity contribution is 0.0858. The predicted molar refractivity (Wildman–Crippen MR) is 73.7 cm³/mol. The number of benzene rings is 1. The second-order valence-electron chi connectivity index (χ2n) is 5.54. The molecule has 0 saturated carbocycles. The van der Waals surface area contributed by atoms with E-state index in [0.717, 1.165) is 0 Å². The van der Waals surface area contributed by atoms with Crippen molar-refractivity contribution >= 4 is 19.1 Å². The monoisotopic (exact) mass is 267 g/mol. The molecule has 0 bridgehead atoms. The van der Waals surface area contributed by atoms with Crippen LogP contribution in [0.3, 0.4) is 0 Å². The van der Waals surface area contributed by atoms with E-state index >= 15 is 0 Å². The molecule has 0 aliphatic heterocycles. The Hall–Kier alpha value is -1.05. The van der Waals surface area contributed by atoms with Crippen molar-refractivity contribution in [2.75, 3.05) is 0 Å². The molecule has 0 aliphatic rings. The van der Waals surface area contributed by atoms with Crippen LogP contribution in [0.2, 0.25) is 0 Å². The highest BCUT2D eigenvalue weighted by atomic mass is 31.1. The minimum Gasteiger partial charge on any atom is -0.294 e. The average molecular weight is 267 g/mol. The molecule has 3 nitrogen and oxygen atoms in total. The summed E-state index contributed by atoms with van der Waals surface area (Å²) in [5.41, 5.74) is 0.234. The first kappa shape index (κ1) is 15.0. The maximum Gasteiger partial charge on any atom is 0.548 e. The Bertz CT molecular complexity index is 441. The van der Waals surface area contributed by atoms with Gasteiger partial charge in [0.15, 0.2) is 5.78 Å². The van der Waals surface area contributed by atoms with Gasteiger partial charge in [-0.1, -0.05) is 20.8 Å². The largest absolute Gasteiger partial charge is 0.548 e. The van der Waals surface area contributed by atoms with Gasteiger partial charge in [0.25, 0.3) is 0 Å². The molecule has 1 aromatic carbocycles.